The van der Waals surface area contributed by atoms with Crippen LogP contribution in [0.25, 0.3) is 0 Å². The van der Waals surface area contributed by atoms with E-state index < -0.39 is 0 Å². The van der Waals surface area contributed by atoms with E-state index >= 15 is 0 Å². The second kappa shape index (κ2) is 8.13. The maximum Gasteiger partial charge on any atom is 0.0961 e. The zero-order valence-electron chi connectivity index (χ0n) is 14.5. The summed E-state index contributed by atoms with van der Waals surface area (Å²) >= 11 is 0. The SMILES string of the molecule is CCO[C@@H]1COCC[C@H]1NC1CCN(c2cccc(C)c2)CC1. The van der Waals surface area contributed by atoms with Gasteiger partial charge < -0.3 is 19.7 Å². The van der Waals surface area contributed by atoms with Crippen LogP contribution in [0.4, 0.5) is 5.69 Å². The smallest absolute Gasteiger partial charge is 0.0961 e. The Labute approximate surface area is 140 Å². The van der Waals surface area contributed by atoms with Crippen LogP contribution in [-0.2, 0) is 9.47 Å². The molecule has 0 saturated carbocycles. The van der Waals surface area contributed by atoms with Crippen LogP contribution in [0.2, 0.25) is 0 Å². The quantitative estimate of drug-likeness (QED) is 0.905. The fourth-order valence-electron chi connectivity index (χ4n) is 3.71. The Kier molecular flexibility index (Phi) is 5.92. The minimum Gasteiger partial charge on any atom is -0.379 e. The first-order valence-corrected chi connectivity index (χ1v) is 9.03. The largest absolute Gasteiger partial charge is 0.379 e. The topological polar surface area (TPSA) is 33.7 Å². The highest BCUT2D eigenvalue weighted by Gasteiger charge is 2.29. The first-order chi connectivity index (χ1) is 11.3. The van der Waals surface area contributed by atoms with Gasteiger partial charge in [-0.2, -0.15) is 0 Å². The highest BCUT2D eigenvalue weighted by molar-refractivity contribution is 5.48. The van der Waals surface area contributed by atoms with E-state index in [0.717, 1.165) is 39.3 Å². The van der Waals surface area contributed by atoms with Gasteiger partial charge in [0, 0.05) is 44.1 Å². The summed E-state index contributed by atoms with van der Waals surface area (Å²) in [5, 5.41) is 3.84. The molecule has 0 aromatic heterocycles. The van der Waals surface area contributed by atoms with E-state index in [-0.39, 0.29) is 6.10 Å². The summed E-state index contributed by atoms with van der Waals surface area (Å²) in [6, 6.07) is 9.88. The molecular formula is C19H30N2O2. The molecule has 1 aromatic rings. The fourth-order valence-corrected chi connectivity index (χ4v) is 3.71. The van der Waals surface area contributed by atoms with Crippen LogP contribution in [0.5, 0.6) is 0 Å². The number of aryl methyl sites for hydroxylation is 1. The molecule has 2 heterocycles. The minimum absolute atomic E-state index is 0.212. The Morgan fingerprint density at radius 3 is 2.83 bits per heavy atom. The van der Waals surface area contributed by atoms with Crippen molar-refractivity contribution in [2.45, 2.75) is 51.3 Å². The number of hydrogen-bond donors (Lipinski definition) is 1. The average molecular weight is 318 g/mol. The molecule has 2 saturated heterocycles. The van der Waals surface area contributed by atoms with Gasteiger partial charge >= 0.3 is 0 Å². The van der Waals surface area contributed by atoms with Crippen molar-refractivity contribution in [2.75, 3.05) is 37.8 Å². The van der Waals surface area contributed by atoms with Gasteiger partial charge in [0.2, 0.25) is 0 Å². The standard InChI is InChI=1S/C19H30N2O2/c1-3-23-19-14-22-12-9-18(19)20-16-7-10-21(11-8-16)17-6-4-5-15(2)13-17/h4-6,13,16,18-20H,3,7-12,14H2,1-2H3/t18-,19-/m1/s1. The maximum absolute atomic E-state index is 5.84. The molecule has 2 fully saturated rings. The first kappa shape index (κ1) is 16.7. The average Bonchev–Trinajstić information content (AvgIpc) is 2.58. The molecule has 23 heavy (non-hydrogen) atoms. The number of ether oxygens (including phenoxy) is 2. The molecule has 0 spiro atoms. The second-order valence-corrected chi connectivity index (χ2v) is 6.73. The van der Waals surface area contributed by atoms with E-state index in [0.29, 0.717) is 12.1 Å². The lowest BCUT2D eigenvalue weighted by Crippen LogP contribution is -2.54. The molecule has 0 bridgehead atoms. The van der Waals surface area contributed by atoms with Gasteiger partial charge in [0.15, 0.2) is 0 Å². The Bertz CT molecular complexity index is 484. The van der Waals surface area contributed by atoms with E-state index in [2.05, 4.69) is 48.3 Å². The van der Waals surface area contributed by atoms with E-state index in [9.17, 15) is 0 Å². The van der Waals surface area contributed by atoms with Crippen molar-refractivity contribution in [1.29, 1.82) is 0 Å². The van der Waals surface area contributed by atoms with Crippen molar-refractivity contribution in [3.05, 3.63) is 29.8 Å². The van der Waals surface area contributed by atoms with Crippen molar-refractivity contribution in [2.24, 2.45) is 0 Å². The molecule has 2 aliphatic heterocycles. The summed E-state index contributed by atoms with van der Waals surface area (Å²) in [7, 11) is 0. The first-order valence-electron chi connectivity index (χ1n) is 9.03. The monoisotopic (exact) mass is 318 g/mol. The molecule has 2 aliphatic rings. The Morgan fingerprint density at radius 2 is 2.09 bits per heavy atom. The fraction of sp³-hybridized carbons (Fsp3) is 0.684. The lowest BCUT2D eigenvalue weighted by atomic mass is 9.99. The third-order valence-corrected chi connectivity index (χ3v) is 5.00. The van der Waals surface area contributed by atoms with Gasteiger partial charge in [0.25, 0.3) is 0 Å². The van der Waals surface area contributed by atoms with Gasteiger partial charge in [-0.15, -0.1) is 0 Å². The van der Waals surface area contributed by atoms with Crippen molar-refractivity contribution in [1.82, 2.24) is 5.32 Å². The van der Waals surface area contributed by atoms with Gasteiger partial charge in [-0.3, -0.25) is 0 Å². The lowest BCUT2D eigenvalue weighted by molar-refractivity contribution is -0.0677. The number of benzene rings is 1. The molecule has 1 aromatic carbocycles. The molecule has 0 unspecified atom stereocenters. The van der Waals surface area contributed by atoms with E-state index in [1.54, 1.807) is 0 Å². The number of piperidine rings is 1. The number of nitrogens with one attached hydrogen (secondary N) is 1. The molecule has 0 amide bonds. The van der Waals surface area contributed by atoms with Crippen LogP contribution in [0, 0.1) is 6.92 Å². The van der Waals surface area contributed by atoms with Crippen LogP contribution in [0.3, 0.4) is 0 Å². The summed E-state index contributed by atoms with van der Waals surface area (Å²) in [6.45, 7) is 8.82. The van der Waals surface area contributed by atoms with Crippen molar-refractivity contribution < 1.29 is 9.47 Å². The highest BCUT2D eigenvalue weighted by atomic mass is 16.5. The molecule has 3 rings (SSSR count). The van der Waals surface area contributed by atoms with Crippen LogP contribution >= 0.6 is 0 Å². The lowest BCUT2D eigenvalue weighted by Gasteiger charge is -2.39. The third kappa shape index (κ3) is 4.46. The molecule has 0 aliphatic carbocycles. The van der Waals surface area contributed by atoms with Crippen molar-refractivity contribution in [3.63, 3.8) is 0 Å². The number of hydrogen-bond acceptors (Lipinski definition) is 4. The van der Waals surface area contributed by atoms with Gasteiger partial charge in [0.1, 0.15) is 0 Å². The highest BCUT2D eigenvalue weighted by Crippen LogP contribution is 2.22. The predicted octanol–water partition coefficient (Wildman–Crippen LogP) is 2.75. The van der Waals surface area contributed by atoms with Crippen LogP contribution in [0.1, 0.15) is 31.7 Å². The van der Waals surface area contributed by atoms with Gasteiger partial charge in [0.05, 0.1) is 12.7 Å². The van der Waals surface area contributed by atoms with Crippen molar-refractivity contribution in [3.8, 4) is 0 Å². The Morgan fingerprint density at radius 1 is 1.26 bits per heavy atom. The van der Waals surface area contributed by atoms with E-state index in [1.807, 2.05) is 0 Å². The minimum atomic E-state index is 0.212. The normalized spacial score (nSPS) is 26.4. The number of anilines is 1. The van der Waals surface area contributed by atoms with Crippen LogP contribution in [0.15, 0.2) is 24.3 Å². The second-order valence-electron chi connectivity index (χ2n) is 6.73. The van der Waals surface area contributed by atoms with Crippen LogP contribution in [-0.4, -0.2) is 51.1 Å². The van der Waals surface area contributed by atoms with E-state index in [4.69, 9.17) is 9.47 Å². The third-order valence-electron chi connectivity index (χ3n) is 5.00. The molecule has 2 atom stereocenters. The Hall–Kier alpha value is -1.10. The van der Waals surface area contributed by atoms with Crippen LogP contribution < -0.4 is 10.2 Å². The molecule has 128 valence electrons. The number of nitrogens with zero attached hydrogens (tertiary/aromatic N) is 1. The van der Waals surface area contributed by atoms with Gasteiger partial charge in [-0.05, 0) is 50.8 Å². The van der Waals surface area contributed by atoms with Crippen molar-refractivity contribution >= 4 is 5.69 Å². The molecule has 0 radical (unpaired) electrons. The number of rotatable bonds is 5. The summed E-state index contributed by atoms with van der Waals surface area (Å²) in [5.41, 5.74) is 2.70. The van der Waals surface area contributed by atoms with Gasteiger partial charge in [-0.1, -0.05) is 12.1 Å². The Balaban J connectivity index is 1.50. The summed E-state index contributed by atoms with van der Waals surface area (Å²) in [5.74, 6) is 0. The molecular weight excluding hydrogens is 288 g/mol. The van der Waals surface area contributed by atoms with E-state index in [1.165, 1.54) is 24.1 Å². The van der Waals surface area contributed by atoms with Gasteiger partial charge in [-0.25, -0.2) is 0 Å². The summed E-state index contributed by atoms with van der Waals surface area (Å²) < 4.78 is 11.4. The predicted molar refractivity (Wildman–Crippen MR) is 94.2 cm³/mol. The molecule has 4 nitrogen and oxygen atoms in total. The summed E-state index contributed by atoms with van der Waals surface area (Å²) in [4.78, 5) is 2.51. The molecule has 1 N–H and O–H groups in total. The maximum atomic E-state index is 5.84. The molecule has 4 heteroatoms. The zero-order chi connectivity index (χ0) is 16.1. The zero-order valence-corrected chi connectivity index (χ0v) is 14.5. The summed E-state index contributed by atoms with van der Waals surface area (Å²) in [6.07, 6.45) is 3.67.